The van der Waals surface area contributed by atoms with Crippen LogP contribution >= 0.6 is 11.6 Å². The summed E-state index contributed by atoms with van der Waals surface area (Å²) in [4.78, 5) is 0. The van der Waals surface area contributed by atoms with Gasteiger partial charge in [-0.25, -0.2) is 0 Å². The first-order valence-electron chi connectivity index (χ1n) is 6.56. The molecule has 2 rings (SSSR count). The lowest BCUT2D eigenvalue weighted by molar-refractivity contribution is 0.103. The van der Waals surface area contributed by atoms with E-state index in [1.165, 1.54) is 0 Å². The second-order valence-electron chi connectivity index (χ2n) is 5.08. The highest BCUT2D eigenvalue weighted by atomic mass is 35.5. The van der Waals surface area contributed by atoms with E-state index in [9.17, 15) is 5.11 Å². The van der Waals surface area contributed by atoms with Crippen LogP contribution in [0.3, 0.4) is 0 Å². The Bertz CT molecular complexity index is 581. The zero-order chi connectivity index (χ0) is 14.7. The van der Waals surface area contributed by atoms with Crippen LogP contribution in [0.25, 0.3) is 11.3 Å². The highest BCUT2D eigenvalue weighted by molar-refractivity contribution is 6.30. The molecule has 4 nitrogen and oxygen atoms in total. The fourth-order valence-corrected chi connectivity index (χ4v) is 2.06. The molecule has 0 saturated heterocycles. The van der Waals surface area contributed by atoms with Crippen molar-refractivity contribution in [2.75, 3.05) is 7.11 Å². The lowest BCUT2D eigenvalue weighted by Crippen LogP contribution is -2.22. The molecule has 0 radical (unpaired) electrons. The summed E-state index contributed by atoms with van der Waals surface area (Å²) in [5.74, 6) is 0.924. The van der Waals surface area contributed by atoms with Crippen molar-refractivity contribution in [3.63, 3.8) is 0 Å². The van der Waals surface area contributed by atoms with Crippen molar-refractivity contribution in [2.45, 2.75) is 26.5 Å². The molecular weight excluding hydrogens is 276 g/mol. The van der Waals surface area contributed by atoms with E-state index in [-0.39, 0.29) is 5.92 Å². The Labute approximate surface area is 123 Å². The van der Waals surface area contributed by atoms with Gasteiger partial charge >= 0.3 is 0 Å². The number of aliphatic hydroxyl groups is 1. The number of hydrogen-bond donors (Lipinski definition) is 1. The molecule has 0 aliphatic carbocycles. The molecule has 0 amide bonds. The number of aliphatic hydroxyl groups excluding tert-OH is 1. The molecule has 0 spiro atoms. The molecule has 1 unspecified atom stereocenters. The molecule has 0 saturated carbocycles. The Kier molecular flexibility index (Phi) is 4.68. The number of nitrogens with zero attached hydrogens (tertiary/aromatic N) is 2. The highest BCUT2D eigenvalue weighted by Gasteiger charge is 2.13. The first-order valence-corrected chi connectivity index (χ1v) is 6.94. The van der Waals surface area contributed by atoms with Gasteiger partial charge in [0.15, 0.2) is 0 Å². The molecule has 0 aliphatic rings. The van der Waals surface area contributed by atoms with E-state index in [2.05, 4.69) is 5.10 Å². The maximum Gasteiger partial charge on any atom is 0.128 e. The average Bonchev–Trinajstić information content (AvgIpc) is 2.87. The van der Waals surface area contributed by atoms with Gasteiger partial charge < -0.3 is 9.84 Å². The van der Waals surface area contributed by atoms with Gasteiger partial charge in [-0.05, 0) is 30.2 Å². The van der Waals surface area contributed by atoms with E-state index in [4.69, 9.17) is 16.3 Å². The third-order valence-electron chi connectivity index (χ3n) is 3.22. The van der Waals surface area contributed by atoms with Gasteiger partial charge in [0.05, 0.1) is 25.5 Å². The third kappa shape index (κ3) is 3.32. The first kappa shape index (κ1) is 14.9. The summed E-state index contributed by atoms with van der Waals surface area (Å²) in [6.07, 6.45) is 1.44. The first-order chi connectivity index (χ1) is 9.51. The Morgan fingerprint density at radius 2 is 2.10 bits per heavy atom. The number of benzene rings is 1. The van der Waals surface area contributed by atoms with Gasteiger partial charge in [-0.2, -0.15) is 5.10 Å². The van der Waals surface area contributed by atoms with Gasteiger partial charge in [-0.3, -0.25) is 4.68 Å². The molecule has 5 heteroatoms. The molecule has 1 atom stereocenters. The van der Waals surface area contributed by atoms with Crippen LogP contribution in [0.1, 0.15) is 13.8 Å². The normalized spacial score (nSPS) is 12.7. The van der Waals surface area contributed by atoms with Gasteiger partial charge in [0, 0.05) is 16.8 Å². The van der Waals surface area contributed by atoms with Crippen molar-refractivity contribution in [1.82, 2.24) is 9.78 Å². The fraction of sp³-hybridized carbons (Fsp3) is 0.400. The molecule has 0 aliphatic heterocycles. The Morgan fingerprint density at radius 1 is 1.35 bits per heavy atom. The summed E-state index contributed by atoms with van der Waals surface area (Å²) in [7, 11) is 1.62. The summed E-state index contributed by atoms with van der Waals surface area (Å²) in [6, 6.07) is 7.32. The van der Waals surface area contributed by atoms with E-state index < -0.39 is 6.10 Å². The van der Waals surface area contributed by atoms with Crippen molar-refractivity contribution >= 4 is 11.6 Å². The van der Waals surface area contributed by atoms with Crippen LogP contribution in [0.5, 0.6) is 5.75 Å². The highest BCUT2D eigenvalue weighted by Crippen LogP contribution is 2.31. The standard InChI is InChI=1S/C15H19ClN2O2/c1-10(2)14(19)9-18-7-6-13(17-18)12-8-11(16)4-5-15(12)20-3/h4-8,10,14,19H,9H2,1-3H3. The molecule has 1 heterocycles. The summed E-state index contributed by atoms with van der Waals surface area (Å²) < 4.78 is 7.06. The number of aromatic nitrogens is 2. The Hall–Kier alpha value is -1.52. The second kappa shape index (κ2) is 6.29. The summed E-state index contributed by atoms with van der Waals surface area (Å²) in [5, 5.41) is 15.0. The predicted molar refractivity (Wildman–Crippen MR) is 80.1 cm³/mol. The predicted octanol–water partition coefficient (Wildman–Crippen LogP) is 3.23. The van der Waals surface area contributed by atoms with E-state index >= 15 is 0 Å². The Morgan fingerprint density at radius 3 is 2.75 bits per heavy atom. The molecule has 1 aromatic heterocycles. The van der Waals surface area contributed by atoms with Crippen LogP contribution in [0.4, 0.5) is 0 Å². The summed E-state index contributed by atoms with van der Waals surface area (Å²) in [5.41, 5.74) is 1.62. The summed E-state index contributed by atoms with van der Waals surface area (Å²) in [6.45, 7) is 4.44. The van der Waals surface area contributed by atoms with Crippen LogP contribution in [0.2, 0.25) is 5.02 Å². The minimum atomic E-state index is -0.413. The average molecular weight is 295 g/mol. The van der Waals surface area contributed by atoms with Crippen molar-refractivity contribution in [1.29, 1.82) is 0 Å². The SMILES string of the molecule is COc1ccc(Cl)cc1-c1ccn(CC(O)C(C)C)n1. The number of rotatable bonds is 5. The third-order valence-corrected chi connectivity index (χ3v) is 3.46. The number of methoxy groups -OCH3 is 1. The van der Waals surface area contributed by atoms with Crippen molar-refractivity contribution in [2.24, 2.45) is 5.92 Å². The number of ether oxygens (including phenoxy) is 1. The maximum atomic E-state index is 9.90. The van der Waals surface area contributed by atoms with Crippen molar-refractivity contribution in [3.05, 3.63) is 35.5 Å². The minimum absolute atomic E-state index is 0.198. The van der Waals surface area contributed by atoms with Crippen molar-refractivity contribution in [3.8, 4) is 17.0 Å². The largest absolute Gasteiger partial charge is 0.496 e. The van der Waals surface area contributed by atoms with Crippen LogP contribution in [0.15, 0.2) is 30.5 Å². The van der Waals surface area contributed by atoms with Crippen LogP contribution < -0.4 is 4.74 Å². The number of hydrogen-bond acceptors (Lipinski definition) is 3. The van der Waals surface area contributed by atoms with E-state index in [0.29, 0.717) is 11.6 Å². The topological polar surface area (TPSA) is 47.3 Å². The van der Waals surface area contributed by atoms with Gasteiger partial charge in [0.1, 0.15) is 5.75 Å². The minimum Gasteiger partial charge on any atom is -0.496 e. The van der Waals surface area contributed by atoms with E-state index in [1.807, 2.05) is 38.2 Å². The zero-order valence-corrected chi connectivity index (χ0v) is 12.6. The lowest BCUT2D eigenvalue weighted by Gasteiger charge is -2.14. The quantitative estimate of drug-likeness (QED) is 0.921. The molecular formula is C15H19ClN2O2. The summed E-state index contributed by atoms with van der Waals surface area (Å²) >= 11 is 6.03. The molecule has 0 bridgehead atoms. The van der Waals surface area contributed by atoms with Crippen molar-refractivity contribution < 1.29 is 9.84 Å². The van der Waals surface area contributed by atoms with Gasteiger partial charge in [-0.15, -0.1) is 0 Å². The maximum absolute atomic E-state index is 9.90. The molecule has 2 aromatic rings. The molecule has 1 aromatic carbocycles. The second-order valence-corrected chi connectivity index (χ2v) is 5.52. The number of halogens is 1. The zero-order valence-electron chi connectivity index (χ0n) is 11.9. The van der Waals surface area contributed by atoms with Crippen LogP contribution in [0, 0.1) is 5.92 Å². The molecule has 20 heavy (non-hydrogen) atoms. The smallest absolute Gasteiger partial charge is 0.128 e. The lowest BCUT2D eigenvalue weighted by atomic mass is 10.1. The van der Waals surface area contributed by atoms with Gasteiger partial charge in [-0.1, -0.05) is 25.4 Å². The molecule has 108 valence electrons. The Balaban J connectivity index is 2.26. The fourth-order valence-electron chi connectivity index (χ4n) is 1.89. The van der Waals surface area contributed by atoms with Crippen LogP contribution in [-0.4, -0.2) is 28.1 Å². The van der Waals surface area contributed by atoms with E-state index in [1.54, 1.807) is 17.9 Å². The van der Waals surface area contributed by atoms with E-state index in [0.717, 1.165) is 17.0 Å². The van der Waals surface area contributed by atoms with Gasteiger partial charge in [0.2, 0.25) is 0 Å². The molecule has 0 fully saturated rings. The van der Waals surface area contributed by atoms with Crippen LogP contribution in [-0.2, 0) is 6.54 Å². The molecule has 1 N–H and O–H groups in total. The monoisotopic (exact) mass is 294 g/mol. The van der Waals surface area contributed by atoms with Gasteiger partial charge in [0.25, 0.3) is 0 Å².